The van der Waals surface area contributed by atoms with E-state index < -0.39 is 52.4 Å². The van der Waals surface area contributed by atoms with Crippen LogP contribution in [0.4, 0.5) is 5.82 Å². The smallest absolute Gasteiger partial charge is 0.351 e. The molecule has 0 aliphatic carbocycles. The van der Waals surface area contributed by atoms with Crippen molar-refractivity contribution >= 4 is 21.9 Å². The molecule has 0 spiro atoms. The lowest BCUT2D eigenvalue weighted by molar-refractivity contribution is -0.153. The number of nitrogens with two attached hydrogens (primary N) is 2. The molecular formula is C22H32N4O9S. The number of anilines is 1. The zero-order valence-electron chi connectivity index (χ0n) is 20.1. The molecule has 0 amide bonds. The highest BCUT2D eigenvalue weighted by Crippen LogP contribution is 2.28. The maximum atomic E-state index is 11.9. The minimum absolute atomic E-state index is 0.0267. The molecule has 2 heterocycles. The summed E-state index contributed by atoms with van der Waals surface area (Å²) in [7, 11) is -4.02. The van der Waals surface area contributed by atoms with E-state index in [2.05, 4.69) is 4.98 Å². The van der Waals surface area contributed by atoms with Crippen molar-refractivity contribution in [2.45, 2.75) is 62.7 Å². The summed E-state index contributed by atoms with van der Waals surface area (Å²) in [5.74, 6) is -0.645. The van der Waals surface area contributed by atoms with E-state index in [1.54, 1.807) is 12.1 Å². The van der Waals surface area contributed by atoms with Crippen molar-refractivity contribution in [1.29, 1.82) is 0 Å². The van der Waals surface area contributed by atoms with Crippen molar-refractivity contribution < 1.29 is 37.5 Å². The molecule has 36 heavy (non-hydrogen) atoms. The second-order valence-corrected chi connectivity index (χ2v) is 9.84. The fraction of sp³-hybridized carbons (Fsp3) is 0.500. The van der Waals surface area contributed by atoms with Gasteiger partial charge in [-0.05, 0) is 31.0 Å². The topological polar surface area (TPSA) is 217 Å². The van der Waals surface area contributed by atoms with Crippen LogP contribution in [0.25, 0.3) is 0 Å². The molecule has 2 aromatic rings. The number of aliphatic hydroxyl groups excluding tert-OH is 2. The third kappa shape index (κ3) is 7.56. The van der Waals surface area contributed by atoms with E-state index in [-0.39, 0.29) is 23.2 Å². The van der Waals surface area contributed by atoms with E-state index in [4.69, 9.17) is 25.5 Å². The largest absolute Gasteiger partial charge is 0.462 e. The number of nitrogen functional groups attached to an aromatic ring is 1. The molecular weight excluding hydrogens is 496 g/mol. The molecule has 0 bridgehead atoms. The summed E-state index contributed by atoms with van der Waals surface area (Å²) in [6.45, 7) is 5.27. The zero-order chi connectivity index (χ0) is 27.2. The second-order valence-electron chi connectivity index (χ2n) is 8.42. The average molecular weight is 529 g/mol. The van der Waals surface area contributed by atoms with Crippen LogP contribution in [0.1, 0.15) is 32.1 Å². The predicted molar refractivity (Wildman–Crippen MR) is 128 cm³/mol. The standard InChI is InChI=1S/C15H24N4O6.C7H8O3S/c1-3-7(2)10(17)14(22)24-6-8-11(20)12(21)13(25-8)19-5-4-9(16)18-15(19)23;1-6-2-4-7(5-3-6)11(8,9)10/h4-5,7-8,10-13,20-21H,3,6,17H2,1-2H3,(H2,16,18,23);2-5H,1H3,(H,8,9,10)/t7-,8-,10-,11-,12+,13-;/m1./s1. The Labute approximate surface area is 208 Å². The molecule has 13 nitrogen and oxygen atoms in total. The van der Waals surface area contributed by atoms with Crippen LogP contribution >= 0.6 is 0 Å². The van der Waals surface area contributed by atoms with E-state index in [9.17, 15) is 28.2 Å². The zero-order valence-corrected chi connectivity index (χ0v) is 20.9. The maximum Gasteiger partial charge on any atom is 0.351 e. The summed E-state index contributed by atoms with van der Waals surface area (Å²) in [6, 6.07) is 6.57. The molecule has 0 saturated carbocycles. The summed E-state index contributed by atoms with van der Waals surface area (Å²) in [5.41, 5.74) is 11.4. The van der Waals surface area contributed by atoms with Crippen molar-refractivity contribution in [3.63, 3.8) is 0 Å². The summed E-state index contributed by atoms with van der Waals surface area (Å²) in [4.78, 5) is 27.2. The number of aromatic nitrogens is 2. The first-order valence-electron chi connectivity index (χ1n) is 11.1. The van der Waals surface area contributed by atoms with Crippen LogP contribution in [0.3, 0.4) is 0 Å². The van der Waals surface area contributed by atoms with Crippen LogP contribution in [-0.4, -0.2) is 69.7 Å². The van der Waals surface area contributed by atoms with Gasteiger partial charge in [0.15, 0.2) is 6.23 Å². The van der Waals surface area contributed by atoms with Gasteiger partial charge in [-0.15, -0.1) is 0 Å². The third-order valence-electron chi connectivity index (χ3n) is 5.70. The lowest BCUT2D eigenvalue weighted by atomic mass is 10.0. The van der Waals surface area contributed by atoms with E-state index in [1.807, 2.05) is 20.8 Å². The Balaban J connectivity index is 0.000000346. The Morgan fingerprint density at radius 2 is 1.83 bits per heavy atom. The minimum atomic E-state index is -4.02. The average Bonchev–Trinajstić information content (AvgIpc) is 3.10. The van der Waals surface area contributed by atoms with Gasteiger partial charge in [-0.1, -0.05) is 38.0 Å². The van der Waals surface area contributed by atoms with Crippen LogP contribution in [0, 0.1) is 12.8 Å². The number of esters is 1. The monoisotopic (exact) mass is 528 g/mol. The SMILES string of the molecule is CC[C@@H](C)[C@@H](N)C(=O)OC[C@H]1O[C@@H](n2ccc(N)nc2=O)[C@@H](O)[C@@H]1O.Cc1ccc(S(=O)(=O)O)cc1. The number of aryl methyl sites for hydroxylation is 1. The Hall–Kier alpha value is -2.88. The van der Waals surface area contributed by atoms with Crippen LogP contribution in [0.15, 0.2) is 46.2 Å². The summed E-state index contributed by atoms with van der Waals surface area (Å²) in [5, 5.41) is 20.2. The Bertz CT molecular complexity index is 1190. The molecule has 1 aromatic heterocycles. The predicted octanol–water partition coefficient (Wildman–Crippen LogP) is -0.397. The highest BCUT2D eigenvalue weighted by molar-refractivity contribution is 7.85. The van der Waals surface area contributed by atoms with Gasteiger partial charge < -0.3 is 31.2 Å². The first-order valence-corrected chi connectivity index (χ1v) is 12.5. The number of hydrogen-bond acceptors (Lipinski definition) is 11. The van der Waals surface area contributed by atoms with Crippen LogP contribution in [0.5, 0.6) is 0 Å². The van der Waals surface area contributed by atoms with E-state index >= 15 is 0 Å². The van der Waals surface area contributed by atoms with Crippen LogP contribution in [0.2, 0.25) is 0 Å². The quantitative estimate of drug-likeness (QED) is 0.229. The highest BCUT2D eigenvalue weighted by atomic mass is 32.2. The molecule has 6 atom stereocenters. The minimum Gasteiger partial charge on any atom is -0.462 e. The second kappa shape index (κ2) is 12.4. The van der Waals surface area contributed by atoms with Crippen molar-refractivity contribution in [3.05, 3.63) is 52.6 Å². The Morgan fingerprint density at radius 1 is 1.22 bits per heavy atom. The van der Waals surface area contributed by atoms with E-state index in [1.165, 1.54) is 24.4 Å². The lowest BCUT2D eigenvalue weighted by Gasteiger charge is -2.19. The number of rotatable bonds is 7. The molecule has 1 aliphatic heterocycles. The number of benzene rings is 1. The highest BCUT2D eigenvalue weighted by Gasteiger charge is 2.45. The van der Waals surface area contributed by atoms with E-state index in [0.717, 1.165) is 10.1 Å². The number of carbonyl (C=O) groups excluding carboxylic acids is 1. The van der Waals surface area contributed by atoms with Crippen LogP contribution in [-0.2, 0) is 24.4 Å². The number of aliphatic hydroxyl groups is 2. The maximum absolute atomic E-state index is 11.9. The summed E-state index contributed by atoms with van der Waals surface area (Å²) in [6.07, 6.45) is -2.89. The van der Waals surface area contributed by atoms with Crippen molar-refractivity contribution in [1.82, 2.24) is 9.55 Å². The van der Waals surface area contributed by atoms with Crippen molar-refractivity contribution in [3.8, 4) is 0 Å². The Morgan fingerprint density at radius 3 is 2.36 bits per heavy atom. The van der Waals surface area contributed by atoms with Gasteiger partial charge in [0.05, 0.1) is 4.90 Å². The van der Waals surface area contributed by atoms with Gasteiger partial charge in [-0.3, -0.25) is 13.9 Å². The van der Waals surface area contributed by atoms with Gasteiger partial charge in [0.2, 0.25) is 0 Å². The number of carbonyl (C=O) groups is 1. The lowest BCUT2D eigenvalue weighted by Crippen LogP contribution is -2.41. The summed E-state index contributed by atoms with van der Waals surface area (Å²) >= 11 is 0. The van der Waals surface area contributed by atoms with Gasteiger partial charge >= 0.3 is 11.7 Å². The van der Waals surface area contributed by atoms with Gasteiger partial charge in [0.25, 0.3) is 10.1 Å². The van der Waals surface area contributed by atoms with Crippen LogP contribution < -0.4 is 17.2 Å². The van der Waals surface area contributed by atoms with E-state index in [0.29, 0.717) is 6.42 Å². The molecule has 0 radical (unpaired) electrons. The molecule has 1 saturated heterocycles. The first kappa shape index (κ1) is 29.4. The fourth-order valence-corrected chi connectivity index (χ4v) is 3.65. The molecule has 7 N–H and O–H groups in total. The Kier molecular flexibility index (Phi) is 10.1. The third-order valence-corrected chi connectivity index (χ3v) is 6.57. The molecule has 14 heteroatoms. The first-order chi connectivity index (χ1) is 16.8. The van der Waals surface area contributed by atoms with Gasteiger partial charge in [-0.2, -0.15) is 13.4 Å². The summed E-state index contributed by atoms with van der Waals surface area (Å²) < 4.78 is 41.1. The van der Waals surface area contributed by atoms with Gasteiger partial charge in [-0.25, -0.2) is 4.79 Å². The normalized spacial score (nSPS) is 23.3. The number of nitrogens with zero attached hydrogens (tertiary/aromatic N) is 2. The fourth-order valence-electron chi connectivity index (χ4n) is 3.17. The molecule has 0 unspecified atom stereocenters. The molecule has 1 aliphatic rings. The molecule has 1 fully saturated rings. The molecule has 200 valence electrons. The van der Waals surface area contributed by atoms with Crippen molar-refractivity contribution in [2.24, 2.45) is 11.7 Å². The van der Waals surface area contributed by atoms with Gasteiger partial charge in [0, 0.05) is 6.20 Å². The molecule has 1 aromatic carbocycles. The van der Waals surface area contributed by atoms with Crippen molar-refractivity contribution in [2.75, 3.05) is 12.3 Å². The molecule has 3 rings (SSSR count). The number of ether oxygens (including phenoxy) is 2. The number of hydrogen-bond donors (Lipinski definition) is 5. The van der Waals surface area contributed by atoms with Gasteiger partial charge in [0.1, 0.15) is 36.8 Å².